The summed E-state index contributed by atoms with van der Waals surface area (Å²) in [6.45, 7) is 10.0. The van der Waals surface area contributed by atoms with Crippen LogP contribution in [0.3, 0.4) is 0 Å². The first-order valence-corrected chi connectivity index (χ1v) is 6.43. The van der Waals surface area contributed by atoms with E-state index in [0.29, 0.717) is 5.41 Å². The normalized spacial score (nSPS) is 12.2. The SMILES string of the molecule is CCCn1ccc2cc(CC(C)(C)C)cnc21. The molecular formula is C15H22N2. The zero-order valence-electron chi connectivity index (χ0n) is 11.3. The first-order valence-electron chi connectivity index (χ1n) is 6.43. The molecule has 2 rings (SSSR count). The molecule has 0 aliphatic carbocycles. The van der Waals surface area contributed by atoms with E-state index in [-0.39, 0.29) is 0 Å². The molecule has 0 aromatic carbocycles. The standard InChI is InChI=1S/C15H22N2/c1-5-7-17-8-6-13-9-12(10-15(2,3)4)11-16-14(13)17/h6,8-9,11H,5,7,10H2,1-4H3. The Morgan fingerprint density at radius 1 is 1.29 bits per heavy atom. The van der Waals surface area contributed by atoms with Crippen LogP contribution < -0.4 is 0 Å². The number of fused-ring (bicyclic) bond motifs is 1. The summed E-state index contributed by atoms with van der Waals surface area (Å²) in [6, 6.07) is 4.45. The number of rotatable bonds is 3. The lowest BCUT2D eigenvalue weighted by Gasteiger charge is -2.17. The van der Waals surface area contributed by atoms with E-state index in [2.05, 4.69) is 55.6 Å². The second kappa shape index (κ2) is 4.52. The molecule has 0 atom stereocenters. The summed E-state index contributed by atoms with van der Waals surface area (Å²) in [4.78, 5) is 4.61. The number of pyridine rings is 1. The minimum Gasteiger partial charge on any atom is -0.333 e. The number of hydrogen-bond donors (Lipinski definition) is 0. The Kier molecular flexibility index (Phi) is 3.23. The maximum Gasteiger partial charge on any atom is 0.139 e. The third kappa shape index (κ3) is 2.87. The topological polar surface area (TPSA) is 17.8 Å². The molecule has 0 amide bonds. The third-order valence-corrected chi connectivity index (χ3v) is 2.86. The van der Waals surface area contributed by atoms with Crippen molar-refractivity contribution in [3.05, 3.63) is 30.1 Å². The molecular weight excluding hydrogens is 208 g/mol. The first kappa shape index (κ1) is 12.2. The van der Waals surface area contributed by atoms with Crippen molar-refractivity contribution >= 4 is 11.0 Å². The molecule has 2 heteroatoms. The Balaban J connectivity index is 2.32. The van der Waals surface area contributed by atoms with E-state index in [4.69, 9.17) is 0 Å². The van der Waals surface area contributed by atoms with Gasteiger partial charge in [0.05, 0.1) is 0 Å². The van der Waals surface area contributed by atoms with Gasteiger partial charge in [0.15, 0.2) is 0 Å². The van der Waals surface area contributed by atoms with Crippen molar-refractivity contribution in [3.8, 4) is 0 Å². The van der Waals surface area contributed by atoms with Crippen molar-refractivity contribution in [2.45, 2.75) is 47.1 Å². The molecule has 2 heterocycles. The molecule has 0 radical (unpaired) electrons. The molecule has 17 heavy (non-hydrogen) atoms. The molecule has 0 spiro atoms. The molecule has 2 aromatic heterocycles. The zero-order chi connectivity index (χ0) is 12.5. The minimum atomic E-state index is 0.321. The van der Waals surface area contributed by atoms with Gasteiger partial charge in [-0.3, -0.25) is 0 Å². The monoisotopic (exact) mass is 230 g/mol. The maximum absolute atomic E-state index is 4.61. The van der Waals surface area contributed by atoms with Crippen LogP contribution in [0.2, 0.25) is 0 Å². The van der Waals surface area contributed by atoms with E-state index in [1.807, 2.05) is 6.20 Å². The van der Waals surface area contributed by atoms with E-state index in [0.717, 1.165) is 25.0 Å². The fraction of sp³-hybridized carbons (Fsp3) is 0.533. The van der Waals surface area contributed by atoms with Gasteiger partial charge in [0.2, 0.25) is 0 Å². The second-order valence-electron chi connectivity index (χ2n) is 6.00. The average Bonchev–Trinajstić information content (AvgIpc) is 2.59. The molecule has 0 bridgehead atoms. The predicted octanol–water partition coefficient (Wildman–Crippen LogP) is 4.03. The summed E-state index contributed by atoms with van der Waals surface area (Å²) in [5, 5.41) is 1.26. The minimum absolute atomic E-state index is 0.321. The lowest BCUT2D eigenvalue weighted by molar-refractivity contribution is 0.411. The van der Waals surface area contributed by atoms with Crippen molar-refractivity contribution in [3.63, 3.8) is 0 Å². The van der Waals surface area contributed by atoms with Crippen LogP contribution in [0.4, 0.5) is 0 Å². The smallest absolute Gasteiger partial charge is 0.139 e. The molecule has 2 nitrogen and oxygen atoms in total. The highest BCUT2D eigenvalue weighted by molar-refractivity contribution is 5.76. The molecule has 0 saturated heterocycles. The Morgan fingerprint density at radius 2 is 2.06 bits per heavy atom. The van der Waals surface area contributed by atoms with Crippen LogP contribution in [0.25, 0.3) is 11.0 Å². The summed E-state index contributed by atoms with van der Waals surface area (Å²) in [7, 11) is 0. The van der Waals surface area contributed by atoms with Crippen LogP contribution in [0, 0.1) is 5.41 Å². The van der Waals surface area contributed by atoms with Gasteiger partial charge in [-0.05, 0) is 36.0 Å². The summed E-state index contributed by atoms with van der Waals surface area (Å²) < 4.78 is 2.23. The largest absolute Gasteiger partial charge is 0.333 e. The van der Waals surface area contributed by atoms with Gasteiger partial charge in [-0.1, -0.05) is 27.7 Å². The molecule has 92 valence electrons. The van der Waals surface area contributed by atoms with Crippen molar-refractivity contribution in [1.82, 2.24) is 9.55 Å². The van der Waals surface area contributed by atoms with Crippen molar-refractivity contribution < 1.29 is 0 Å². The van der Waals surface area contributed by atoms with Crippen molar-refractivity contribution in [1.29, 1.82) is 0 Å². The van der Waals surface area contributed by atoms with Crippen LogP contribution in [0.15, 0.2) is 24.5 Å². The van der Waals surface area contributed by atoms with Crippen LogP contribution in [0.1, 0.15) is 39.7 Å². The lowest BCUT2D eigenvalue weighted by atomic mass is 9.89. The van der Waals surface area contributed by atoms with Gasteiger partial charge in [0.1, 0.15) is 5.65 Å². The van der Waals surface area contributed by atoms with Gasteiger partial charge < -0.3 is 4.57 Å². The average molecular weight is 230 g/mol. The number of aryl methyl sites for hydroxylation is 1. The zero-order valence-corrected chi connectivity index (χ0v) is 11.3. The molecule has 0 aliphatic rings. The summed E-state index contributed by atoms with van der Waals surface area (Å²) in [6.07, 6.45) is 6.39. The fourth-order valence-corrected chi connectivity index (χ4v) is 2.25. The predicted molar refractivity (Wildman–Crippen MR) is 73.2 cm³/mol. The van der Waals surface area contributed by atoms with Crippen LogP contribution in [-0.4, -0.2) is 9.55 Å². The molecule has 0 unspecified atom stereocenters. The van der Waals surface area contributed by atoms with Gasteiger partial charge in [0.25, 0.3) is 0 Å². The quantitative estimate of drug-likeness (QED) is 0.778. The summed E-state index contributed by atoms with van der Waals surface area (Å²) in [5.74, 6) is 0. The van der Waals surface area contributed by atoms with Gasteiger partial charge in [-0.25, -0.2) is 4.98 Å². The molecule has 2 aromatic rings. The van der Waals surface area contributed by atoms with Crippen LogP contribution in [0.5, 0.6) is 0 Å². The van der Waals surface area contributed by atoms with E-state index in [9.17, 15) is 0 Å². The maximum atomic E-state index is 4.61. The highest BCUT2D eigenvalue weighted by atomic mass is 15.0. The van der Waals surface area contributed by atoms with E-state index < -0.39 is 0 Å². The first-order chi connectivity index (χ1) is 7.99. The fourth-order valence-electron chi connectivity index (χ4n) is 2.25. The van der Waals surface area contributed by atoms with E-state index in [1.54, 1.807) is 0 Å². The Morgan fingerprint density at radius 3 is 2.71 bits per heavy atom. The highest BCUT2D eigenvalue weighted by Crippen LogP contribution is 2.23. The van der Waals surface area contributed by atoms with Gasteiger partial charge in [-0.15, -0.1) is 0 Å². The lowest BCUT2D eigenvalue weighted by Crippen LogP contribution is -2.09. The van der Waals surface area contributed by atoms with Gasteiger partial charge >= 0.3 is 0 Å². The number of hydrogen-bond acceptors (Lipinski definition) is 1. The second-order valence-corrected chi connectivity index (χ2v) is 6.00. The molecule has 0 aliphatic heterocycles. The van der Waals surface area contributed by atoms with Crippen molar-refractivity contribution in [2.75, 3.05) is 0 Å². The van der Waals surface area contributed by atoms with Gasteiger partial charge in [-0.2, -0.15) is 0 Å². The molecule has 0 saturated carbocycles. The van der Waals surface area contributed by atoms with E-state index in [1.165, 1.54) is 10.9 Å². The van der Waals surface area contributed by atoms with Gasteiger partial charge in [0, 0.05) is 24.3 Å². The highest BCUT2D eigenvalue weighted by Gasteiger charge is 2.12. The summed E-state index contributed by atoms with van der Waals surface area (Å²) >= 11 is 0. The van der Waals surface area contributed by atoms with Crippen LogP contribution >= 0.6 is 0 Å². The van der Waals surface area contributed by atoms with E-state index >= 15 is 0 Å². The van der Waals surface area contributed by atoms with Crippen LogP contribution in [-0.2, 0) is 13.0 Å². The Hall–Kier alpha value is -1.31. The number of nitrogens with zero attached hydrogens (tertiary/aromatic N) is 2. The van der Waals surface area contributed by atoms with Crippen molar-refractivity contribution in [2.24, 2.45) is 5.41 Å². The Bertz CT molecular complexity index is 503. The third-order valence-electron chi connectivity index (χ3n) is 2.86. The molecule has 0 N–H and O–H groups in total. The molecule has 0 fully saturated rings. The summed E-state index contributed by atoms with van der Waals surface area (Å²) in [5.41, 5.74) is 2.77. The Labute approximate surface area is 104 Å². The number of aromatic nitrogens is 2.